The molecule has 0 rings (SSSR count). The lowest BCUT2D eigenvalue weighted by atomic mass is 10.1. The number of rotatable bonds is 13. The average Bonchev–Trinajstić information content (AvgIpc) is 2.32. The van der Waals surface area contributed by atoms with Crippen molar-refractivity contribution >= 4 is 5.97 Å². The van der Waals surface area contributed by atoms with Gasteiger partial charge in [0.25, 0.3) is 0 Å². The Balaban J connectivity index is 3.15. The number of ether oxygens (including phenoxy) is 1. The molecule has 0 saturated carbocycles. The van der Waals surface area contributed by atoms with Crippen LogP contribution in [0.3, 0.4) is 0 Å². The van der Waals surface area contributed by atoms with Crippen molar-refractivity contribution in [1.29, 1.82) is 0 Å². The van der Waals surface area contributed by atoms with Gasteiger partial charge < -0.3 is 14.9 Å². The molecule has 0 fully saturated rings. The van der Waals surface area contributed by atoms with Gasteiger partial charge in [-0.3, -0.25) is 0 Å². The smallest absolute Gasteiger partial charge is 0.329 e. The van der Waals surface area contributed by atoms with Crippen LogP contribution < -0.4 is 0 Å². The highest BCUT2D eigenvalue weighted by Crippen LogP contribution is 2.10. The lowest BCUT2D eigenvalue weighted by Gasteiger charge is -2.09. The number of aliphatic hydroxyl groups is 1. The fourth-order valence-electron chi connectivity index (χ4n) is 1.88. The van der Waals surface area contributed by atoms with Crippen LogP contribution in [0.2, 0.25) is 0 Å². The molecule has 0 bridgehead atoms. The highest BCUT2D eigenvalue weighted by Gasteiger charge is 2.05. The number of carboxylic acids is 1. The predicted octanol–water partition coefficient (Wildman–Crippen LogP) is 2.98. The number of aliphatic hydroxyl groups excluding tert-OH is 1. The van der Waals surface area contributed by atoms with Crippen molar-refractivity contribution in [3.63, 3.8) is 0 Å². The van der Waals surface area contributed by atoms with E-state index in [2.05, 4.69) is 6.92 Å². The Kier molecular flexibility index (Phi) is 12.4. The molecule has 0 aromatic carbocycles. The van der Waals surface area contributed by atoms with Crippen LogP contribution in [0.1, 0.15) is 64.7 Å². The largest absolute Gasteiger partial charge is 0.480 e. The van der Waals surface area contributed by atoms with E-state index >= 15 is 0 Å². The number of hydrogen-bond donors (Lipinski definition) is 2. The molecule has 0 aliphatic rings. The summed E-state index contributed by atoms with van der Waals surface area (Å²) in [6.07, 6.45) is 10.1. The minimum Gasteiger partial charge on any atom is -0.480 e. The maximum absolute atomic E-state index is 10.2. The van der Waals surface area contributed by atoms with Crippen molar-refractivity contribution < 1.29 is 19.7 Å². The number of carboxylic acid groups (broad SMARTS) is 1. The Morgan fingerprint density at radius 2 is 1.61 bits per heavy atom. The lowest BCUT2D eigenvalue weighted by molar-refractivity contribution is -0.143. The lowest BCUT2D eigenvalue weighted by Crippen LogP contribution is -2.18. The van der Waals surface area contributed by atoms with Gasteiger partial charge in [0.05, 0.1) is 12.7 Å². The molecule has 0 aliphatic heterocycles. The van der Waals surface area contributed by atoms with Gasteiger partial charge in [-0.2, -0.15) is 0 Å². The van der Waals surface area contributed by atoms with Gasteiger partial charge in [0, 0.05) is 0 Å². The van der Waals surface area contributed by atoms with E-state index in [0.29, 0.717) is 6.42 Å². The minimum absolute atomic E-state index is 0.128. The molecule has 0 heterocycles. The third kappa shape index (κ3) is 13.5. The molecule has 0 aromatic heterocycles. The second kappa shape index (κ2) is 12.8. The molecule has 0 aromatic rings. The Morgan fingerprint density at radius 3 is 2.17 bits per heavy atom. The number of carbonyl (C=O) groups is 1. The zero-order chi connectivity index (χ0) is 13.6. The third-order valence-corrected chi connectivity index (χ3v) is 2.93. The summed E-state index contributed by atoms with van der Waals surface area (Å²) in [6, 6.07) is 0. The summed E-state index contributed by atoms with van der Waals surface area (Å²) in [6.45, 7) is 2.02. The van der Waals surface area contributed by atoms with Crippen molar-refractivity contribution in [2.45, 2.75) is 70.8 Å². The first-order chi connectivity index (χ1) is 8.66. The fraction of sp³-hybridized carbons (Fsp3) is 0.929. The van der Waals surface area contributed by atoms with E-state index in [1.54, 1.807) is 0 Å². The number of unbranched alkanes of at least 4 members (excludes halogenated alkanes) is 7. The zero-order valence-electron chi connectivity index (χ0n) is 11.6. The molecule has 18 heavy (non-hydrogen) atoms. The Bertz CT molecular complexity index is 194. The summed E-state index contributed by atoms with van der Waals surface area (Å²) in [7, 11) is 0. The molecular weight excluding hydrogens is 232 g/mol. The van der Waals surface area contributed by atoms with Crippen LogP contribution in [0.25, 0.3) is 0 Å². The van der Waals surface area contributed by atoms with Crippen LogP contribution in [0.4, 0.5) is 0 Å². The standard InChI is InChI=1S/C14H28O4/c1-2-3-4-5-6-7-8-9-10-13(15)11-18-12-14(16)17/h13,15H,2-12H2,1H3,(H,16,17). The van der Waals surface area contributed by atoms with Crippen LogP contribution in [0, 0.1) is 0 Å². The Hall–Kier alpha value is -0.610. The monoisotopic (exact) mass is 260 g/mol. The van der Waals surface area contributed by atoms with Crippen LogP contribution in [0.15, 0.2) is 0 Å². The number of aliphatic carboxylic acids is 1. The average molecular weight is 260 g/mol. The SMILES string of the molecule is CCCCCCCCCCC(O)COCC(=O)O. The molecule has 0 aliphatic carbocycles. The van der Waals surface area contributed by atoms with E-state index < -0.39 is 12.1 Å². The zero-order valence-corrected chi connectivity index (χ0v) is 11.6. The molecule has 1 atom stereocenters. The third-order valence-electron chi connectivity index (χ3n) is 2.93. The maximum Gasteiger partial charge on any atom is 0.329 e. The molecular formula is C14H28O4. The topological polar surface area (TPSA) is 66.8 Å². The van der Waals surface area contributed by atoms with Gasteiger partial charge in [0.2, 0.25) is 0 Å². The predicted molar refractivity (Wildman–Crippen MR) is 71.7 cm³/mol. The highest BCUT2D eigenvalue weighted by molar-refractivity contribution is 5.67. The van der Waals surface area contributed by atoms with E-state index in [0.717, 1.165) is 12.8 Å². The molecule has 4 nitrogen and oxygen atoms in total. The van der Waals surface area contributed by atoms with Gasteiger partial charge in [-0.25, -0.2) is 4.79 Å². The quantitative estimate of drug-likeness (QED) is 0.500. The molecule has 2 N–H and O–H groups in total. The normalized spacial score (nSPS) is 12.6. The van der Waals surface area contributed by atoms with E-state index in [1.165, 1.54) is 38.5 Å². The Labute approximate surface area is 110 Å². The van der Waals surface area contributed by atoms with Gasteiger partial charge in [-0.1, -0.05) is 58.3 Å². The fourth-order valence-corrected chi connectivity index (χ4v) is 1.88. The van der Waals surface area contributed by atoms with Crippen LogP contribution >= 0.6 is 0 Å². The summed E-state index contributed by atoms with van der Waals surface area (Å²) < 4.78 is 4.83. The van der Waals surface area contributed by atoms with E-state index in [1.807, 2.05) is 0 Å². The molecule has 1 unspecified atom stereocenters. The van der Waals surface area contributed by atoms with Crippen molar-refractivity contribution in [3.05, 3.63) is 0 Å². The molecule has 0 radical (unpaired) electrons. The molecule has 0 saturated heterocycles. The second-order valence-corrected chi connectivity index (χ2v) is 4.83. The van der Waals surface area contributed by atoms with Gasteiger partial charge in [0.1, 0.15) is 6.61 Å². The molecule has 4 heteroatoms. The minimum atomic E-state index is -0.991. The first-order valence-corrected chi connectivity index (χ1v) is 7.14. The van der Waals surface area contributed by atoms with Crippen molar-refractivity contribution in [2.24, 2.45) is 0 Å². The van der Waals surface area contributed by atoms with Crippen molar-refractivity contribution in [3.8, 4) is 0 Å². The highest BCUT2D eigenvalue weighted by atomic mass is 16.5. The van der Waals surface area contributed by atoms with E-state index in [-0.39, 0.29) is 13.2 Å². The van der Waals surface area contributed by atoms with Gasteiger partial charge in [0.15, 0.2) is 0 Å². The van der Waals surface area contributed by atoms with Crippen molar-refractivity contribution in [2.75, 3.05) is 13.2 Å². The van der Waals surface area contributed by atoms with Gasteiger partial charge >= 0.3 is 5.97 Å². The first-order valence-electron chi connectivity index (χ1n) is 7.14. The Morgan fingerprint density at radius 1 is 1.06 bits per heavy atom. The van der Waals surface area contributed by atoms with Crippen LogP contribution in [-0.2, 0) is 9.53 Å². The second-order valence-electron chi connectivity index (χ2n) is 4.83. The number of hydrogen-bond acceptors (Lipinski definition) is 3. The summed E-state index contributed by atoms with van der Waals surface area (Å²) in [4.78, 5) is 10.2. The van der Waals surface area contributed by atoms with E-state index in [9.17, 15) is 9.90 Å². The molecule has 0 amide bonds. The van der Waals surface area contributed by atoms with Gasteiger partial charge in [-0.05, 0) is 6.42 Å². The van der Waals surface area contributed by atoms with Crippen LogP contribution in [0.5, 0.6) is 0 Å². The molecule has 0 spiro atoms. The first kappa shape index (κ1) is 17.4. The summed E-state index contributed by atoms with van der Waals surface area (Å²) in [5.41, 5.74) is 0. The van der Waals surface area contributed by atoms with Crippen molar-refractivity contribution in [1.82, 2.24) is 0 Å². The summed E-state index contributed by atoms with van der Waals surface area (Å²) in [5, 5.41) is 17.9. The van der Waals surface area contributed by atoms with Crippen LogP contribution in [-0.4, -0.2) is 35.5 Å². The molecule has 108 valence electrons. The summed E-state index contributed by atoms with van der Waals surface area (Å²) >= 11 is 0. The van der Waals surface area contributed by atoms with Gasteiger partial charge in [-0.15, -0.1) is 0 Å². The maximum atomic E-state index is 10.2. The summed E-state index contributed by atoms with van der Waals surface area (Å²) in [5.74, 6) is -0.991. The van der Waals surface area contributed by atoms with E-state index in [4.69, 9.17) is 9.84 Å².